The first-order valence-corrected chi connectivity index (χ1v) is 13.8. The second-order valence-corrected chi connectivity index (χ2v) is 11.2. The van der Waals surface area contributed by atoms with Gasteiger partial charge in [-0.05, 0) is 65.1 Å². The number of methoxy groups -OCH3 is 1. The van der Waals surface area contributed by atoms with Crippen molar-refractivity contribution in [1.82, 2.24) is 19.9 Å². The molecule has 1 aliphatic rings. The molecule has 4 rings (SSSR count). The zero-order valence-electron chi connectivity index (χ0n) is 24.3. The number of carbonyl (C=O) groups is 1. The number of carbonyl (C=O) groups excluding carboxylic acids is 1. The summed E-state index contributed by atoms with van der Waals surface area (Å²) in [7, 11) is 5.64. The van der Waals surface area contributed by atoms with Gasteiger partial charge in [-0.3, -0.25) is 4.79 Å². The molecule has 42 heavy (non-hydrogen) atoms. The average Bonchev–Trinajstić information content (AvgIpc) is 3.37. The minimum atomic E-state index is -1.37. The van der Waals surface area contributed by atoms with Crippen LogP contribution in [-0.2, 0) is 10.4 Å². The fourth-order valence-corrected chi connectivity index (χ4v) is 5.10. The Labute approximate surface area is 249 Å². The molecule has 1 fully saturated rings. The fraction of sp³-hybridized carbons (Fsp3) is 0.379. The highest BCUT2D eigenvalue weighted by Gasteiger charge is 2.29. The highest BCUT2D eigenvalue weighted by atomic mass is 35.5. The molecule has 13 heteroatoms. The lowest BCUT2D eigenvalue weighted by Gasteiger charge is -2.31. The summed E-state index contributed by atoms with van der Waals surface area (Å²) in [5.41, 5.74) is 1.15. The molecular weight excluding hydrogens is 563 g/mol. The molecule has 4 N–H and O–H groups in total. The number of likely N-dealkylation sites (N-methyl/N-ethyl adjacent to an activating group) is 1. The van der Waals surface area contributed by atoms with Gasteiger partial charge >= 0.3 is 0 Å². The van der Waals surface area contributed by atoms with E-state index in [1.54, 1.807) is 13.2 Å². The predicted molar refractivity (Wildman–Crippen MR) is 164 cm³/mol. The maximum absolute atomic E-state index is 14.2. The highest BCUT2D eigenvalue weighted by molar-refractivity contribution is 6.31. The summed E-state index contributed by atoms with van der Waals surface area (Å²) < 4.78 is 19.9. The molecule has 0 radical (unpaired) electrons. The summed E-state index contributed by atoms with van der Waals surface area (Å²) in [6.07, 6.45) is 4.58. The molecule has 2 heterocycles. The molecule has 0 saturated carbocycles. The normalized spacial score (nSPS) is 15.1. The van der Waals surface area contributed by atoms with Crippen LogP contribution in [0.1, 0.15) is 32.3 Å². The van der Waals surface area contributed by atoms with E-state index in [2.05, 4.69) is 47.3 Å². The number of ether oxygens (including phenoxy) is 1. The van der Waals surface area contributed by atoms with Crippen LogP contribution in [0.15, 0.2) is 43.2 Å². The zero-order chi connectivity index (χ0) is 30.6. The molecule has 0 bridgehead atoms. The molecule has 1 aromatic heterocycles. The molecule has 0 aliphatic carbocycles. The van der Waals surface area contributed by atoms with E-state index in [0.717, 1.165) is 31.6 Å². The lowest BCUT2D eigenvalue weighted by Crippen LogP contribution is -2.38. The van der Waals surface area contributed by atoms with E-state index in [9.17, 15) is 14.3 Å². The molecule has 11 nitrogen and oxygen atoms in total. The molecule has 2 aromatic carbocycles. The largest absolute Gasteiger partial charge is 0.494 e. The van der Waals surface area contributed by atoms with Crippen LogP contribution < -0.4 is 25.6 Å². The van der Waals surface area contributed by atoms with Gasteiger partial charge in [0.15, 0.2) is 0 Å². The summed E-state index contributed by atoms with van der Waals surface area (Å²) in [6, 6.07) is 6.45. The number of nitrogens with zero attached hydrogens (tertiary/aromatic N) is 5. The van der Waals surface area contributed by atoms with Crippen molar-refractivity contribution in [2.45, 2.75) is 38.3 Å². The van der Waals surface area contributed by atoms with Crippen LogP contribution in [0.25, 0.3) is 0 Å². The van der Waals surface area contributed by atoms with Crippen molar-refractivity contribution in [2.75, 3.05) is 55.1 Å². The molecule has 0 spiro atoms. The number of rotatable bonds is 11. The van der Waals surface area contributed by atoms with Crippen molar-refractivity contribution in [3.63, 3.8) is 0 Å². The minimum Gasteiger partial charge on any atom is -0.494 e. The Morgan fingerprint density at radius 2 is 1.90 bits per heavy atom. The number of amides is 1. The Kier molecular flexibility index (Phi) is 9.50. The number of halogens is 2. The summed E-state index contributed by atoms with van der Waals surface area (Å²) in [5, 5.41) is 19.5. The first kappa shape index (κ1) is 30.9. The molecule has 1 aliphatic heterocycles. The Hall–Kier alpha value is -4.00. The first-order valence-electron chi connectivity index (χ1n) is 13.4. The Balaban J connectivity index is 1.68. The van der Waals surface area contributed by atoms with Crippen LogP contribution in [0.2, 0.25) is 5.02 Å². The third-order valence-corrected chi connectivity index (χ3v) is 7.10. The van der Waals surface area contributed by atoms with Crippen molar-refractivity contribution in [2.24, 2.45) is 0 Å². The van der Waals surface area contributed by atoms with Gasteiger partial charge in [0.25, 0.3) is 0 Å². The van der Waals surface area contributed by atoms with Crippen LogP contribution in [0.5, 0.6) is 5.75 Å². The first-order chi connectivity index (χ1) is 19.9. The monoisotopic (exact) mass is 598 g/mol. The van der Waals surface area contributed by atoms with Crippen LogP contribution >= 0.6 is 11.6 Å². The maximum atomic E-state index is 14.2. The van der Waals surface area contributed by atoms with Gasteiger partial charge in [0.2, 0.25) is 17.8 Å². The number of anilines is 6. The third kappa shape index (κ3) is 7.25. The van der Waals surface area contributed by atoms with Gasteiger partial charge in [0.1, 0.15) is 17.9 Å². The Morgan fingerprint density at radius 1 is 1.21 bits per heavy atom. The van der Waals surface area contributed by atoms with E-state index in [4.69, 9.17) is 16.3 Å². The number of aliphatic hydroxyl groups is 1. The minimum absolute atomic E-state index is 0.123. The third-order valence-electron chi connectivity index (χ3n) is 6.81. The SMILES string of the molecule is C=CC(=O)Nc1cc(Nc2ncnc(Nc3cc(Cl)c(F)cc3C(C)(C)O)n2)c(OC)cc1N1CCC[C@@H]1CN(C)C. The van der Waals surface area contributed by atoms with Gasteiger partial charge < -0.3 is 35.6 Å². The van der Waals surface area contributed by atoms with Gasteiger partial charge in [-0.25, -0.2) is 14.4 Å². The van der Waals surface area contributed by atoms with Crippen molar-refractivity contribution >= 4 is 52.2 Å². The van der Waals surface area contributed by atoms with E-state index < -0.39 is 11.4 Å². The van der Waals surface area contributed by atoms with Crippen LogP contribution in [0.3, 0.4) is 0 Å². The zero-order valence-corrected chi connectivity index (χ0v) is 25.1. The number of hydrogen-bond donors (Lipinski definition) is 4. The van der Waals surface area contributed by atoms with Crippen molar-refractivity contribution in [1.29, 1.82) is 0 Å². The topological polar surface area (TPSA) is 128 Å². The van der Waals surface area contributed by atoms with Crippen molar-refractivity contribution in [3.05, 3.63) is 59.7 Å². The molecule has 224 valence electrons. The summed E-state index contributed by atoms with van der Waals surface area (Å²) in [5.74, 6) is -0.192. The van der Waals surface area contributed by atoms with E-state index in [1.807, 2.05) is 20.2 Å². The summed E-state index contributed by atoms with van der Waals surface area (Å²) in [6.45, 7) is 8.36. The maximum Gasteiger partial charge on any atom is 0.247 e. The Morgan fingerprint density at radius 3 is 2.52 bits per heavy atom. The summed E-state index contributed by atoms with van der Waals surface area (Å²) in [4.78, 5) is 29.6. The Bertz CT molecular complexity index is 1460. The van der Waals surface area contributed by atoms with Crippen LogP contribution in [-0.4, -0.2) is 71.2 Å². The number of nitrogens with one attached hydrogen (secondary N) is 3. The van der Waals surface area contributed by atoms with Crippen LogP contribution in [0, 0.1) is 5.82 Å². The summed E-state index contributed by atoms with van der Waals surface area (Å²) >= 11 is 6.01. The lowest BCUT2D eigenvalue weighted by atomic mass is 9.96. The number of hydrogen-bond acceptors (Lipinski definition) is 10. The van der Waals surface area contributed by atoms with Gasteiger partial charge in [0.05, 0.1) is 34.8 Å². The molecule has 3 aromatic rings. The second-order valence-electron chi connectivity index (χ2n) is 10.8. The fourth-order valence-electron chi connectivity index (χ4n) is 4.94. The predicted octanol–water partition coefficient (Wildman–Crippen LogP) is 5.04. The number of benzene rings is 2. The molecule has 1 amide bonds. The second kappa shape index (κ2) is 12.9. The smallest absolute Gasteiger partial charge is 0.247 e. The molecule has 1 saturated heterocycles. The highest BCUT2D eigenvalue weighted by Crippen LogP contribution is 2.41. The van der Waals surface area contributed by atoms with E-state index in [1.165, 1.54) is 38.4 Å². The average molecular weight is 599 g/mol. The molecule has 1 atom stereocenters. The van der Waals surface area contributed by atoms with Gasteiger partial charge in [0, 0.05) is 36.4 Å². The molecule has 0 unspecified atom stereocenters. The van der Waals surface area contributed by atoms with Crippen LogP contribution in [0.4, 0.5) is 39.0 Å². The van der Waals surface area contributed by atoms with E-state index in [-0.39, 0.29) is 34.4 Å². The molecular formula is C29H36ClFN8O3. The van der Waals surface area contributed by atoms with Gasteiger partial charge in [-0.15, -0.1) is 0 Å². The van der Waals surface area contributed by atoms with Crippen molar-refractivity contribution in [3.8, 4) is 5.75 Å². The standard InChI is InChI=1S/C29H36ClFN8O3/c1-7-26(40)34-22-13-23(25(42-6)14-24(22)39-10-8-9-17(39)15-38(4)5)36-28-33-16-32-27(37-28)35-21-12-19(30)20(31)11-18(21)29(2,3)41/h7,11-14,16-17,41H,1,8-10,15H2,2-6H3,(H,34,40)(H2,32,33,35,36,37)/t17-/m1/s1. The van der Waals surface area contributed by atoms with Gasteiger partial charge in [-0.1, -0.05) is 18.2 Å². The van der Waals surface area contributed by atoms with Gasteiger partial charge in [-0.2, -0.15) is 4.98 Å². The van der Waals surface area contributed by atoms with E-state index in [0.29, 0.717) is 22.8 Å². The quantitative estimate of drug-likeness (QED) is 0.223. The van der Waals surface area contributed by atoms with E-state index >= 15 is 0 Å². The lowest BCUT2D eigenvalue weighted by molar-refractivity contribution is -0.111. The van der Waals surface area contributed by atoms with Crippen molar-refractivity contribution < 1.29 is 19.0 Å². The number of aromatic nitrogens is 3.